The summed E-state index contributed by atoms with van der Waals surface area (Å²) < 4.78 is 52.3. The quantitative estimate of drug-likeness (QED) is 0.133. The predicted octanol–water partition coefficient (Wildman–Crippen LogP) is 3.36. The molecule has 0 bridgehead atoms. The van der Waals surface area contributed by atoms with Gasteiger partial charge in [0, 0.05) is 0 Å². The molecule has 0 amide bonds. The first-order valence-corrected chi connectivity index (χ1v) is 13.9. The maximum absolute atomic E-state index is 15.6. The maximum Gasteiger partial charge on any atom is 0.459 e. The van der Waals surface area contributed by atoms with Crippen LogP contribution >= 0.6 is 30.9 Å². The van der Waals surface area contributed by atoms with E-state index in [0.29, 0.717) is 0 Å². The van der Waals surface area contributed by atoms with Crippen molar-refractivity contribution in [3.63, 3.8) is 0 Å². The van der Waals surface area contributed by atoms with Crippen LogP contribution in [0.4, 0.5) is 10.3 Å². The molecule has 3 aromatic rings. The van der Waals surface area contributed by atoms with Gasteiger partial charge < -0.3 is 24.8 Å². The molecule has 0 aliphatic carbocycles. The molecule has 212 valence electrons. The number of aromatic nitrogens is 4. The van der Waals surface area contributed by atoms with Gasteiger partial charge in [0.05, 0.1) is 19.0 Å². The van der Waals surface area contributed by atoms with Crippen molar-refractivity contribution in [1.29, 1.82) is 0 Å². The third kappa shape index (κ3) is 6.43. The second-order valence-corrected chi connectivity index (χ2v) is 11.5. The number of para-hydroxylation sites is 1. The molecule has 4 rings (SSSR count). The van der Waals surface area contributed by atoms with Gasteiger partial charge in [-0.3, -0.25) is 13.9 Å². The molecule has 3 heterocycles. The van der Waals surface area contributed by atoms with Crippen molar-refractivity contribution in [3.8, 4) is 5.75 Å². The van der Waals surface area contributed by atoms with Crippen molar-refractivity contribution < 1.29 is 37.4 Å². The molecule has 1 aliphatic heterocycles. The first kappa shape index (κ1) is 29.4. The highest BCUT2D eigenvalue weighted by atomic mass is 35.5. The zero-order valence-corrected chi connectivity index (χ0v) is 23.3. The fraction of sp³-hybridized carbons (Fsp3) is 0.455. The summed E-state index contributed by atoms with van der Waals surface area (Å²) in [7, 11) is -4.33. The van der Waals surface area contributed by atoms with E-state index in [2.05, 4.69) is 20.0 Å². The second-order valence-electron chi connectivity index (χ2n) is 8.88. The number of alkyl halides is 2. The summed E-state index contributed by atoms with van der Waals surface area (Å²) in [6.45, 7) is 4.05. The molecule has 1 unspecified atom stereocenters. The number of benzene rings is 1. The van der Waals surface area contributed by atoms with E-state index in [4.69, 9.17) is 47.5 Å². The van der Waals surface area contributed by atoms with Crippen molar-refractivity contribution in [2.75, 3.05) is 12.3 Å². The summed E-state index contributed by atoms with van der Waals surface area (Å²) >= 11 is 12.1. The van der Waals surface area contributed by atoms with Crippen LogP contribution in [0.1, 0.15) is 27.0 Å². The number of anilines is 1. The summed E-state index contributed by atoms with van der Waals surface area (Å²) in [5, 5.41) is 10.2. The number of rotatable bonds is 10. The fourth-order valence-electron chi connectivity index (χ4n) is 3.68. The Morgan fingerprint density at radius 3 is 2.69 bits per heavy atom. The number of hydrogen-bond donors (Lipinski definition) is 3. The van der Waals surface area contributed by atoms with Gasteiger partial charge in [0.2, 0.25) is 5.95 Å². The number of aliphatic hydroxyl groups is 1. The van der Waals surface area contributed by atoms with Crippen molar-refractivity contribution in [2.24, 2.45) is 0 Å². The molecule has 4 N–H and O–H groups in total. The van der Waals surface area contributed by atoms with E-state index in [0.717, 1.165) is 10.9 Å². The molecule has 2 aromatic heterocycles. The largest absolute Gasteiger partial charge is 0.462 e. The second kappa shape index (κ2) is 11.5. The molecular formula is C22H26Cl2FN6O7P. The van der Waals surface area contributed by atoms with Crippen LogP contribution in [0.5, 0.6) is 5.75 Å². The Morgan fingerprint density at radius 2 is 2.03 bits per heavy atom. The number of esters is 1. The molecule has 17 heteroatoms. The third-order valence-corrected chi connectivity index (χ3v) is 7.78. The average Bonchev–Trinajstić information content (AvgIpc) is 3.36. The van der Waals surface area contributed by atoms with Crippen molar-refractivity contribution in [1.82, 2.24) is 24.6 Å². The van der Waals surface area contributed by atoms with Crippen LogP contribution in [-0.2, 0) is 23.4 Å². The van der Waals surface area contributed by atoms with Crippen LogP contribution in [-0.4, -0.2) is 66.7 Å². The van der Waals surface area contributed by atoms with Gasteiger partial charge in [0.25, 0.3) is 5.13 Å². The van der Waals surface area contributed by atoms with Gasteiger partial charge in [0.1, 0.15) is 29.5 Å². The fourth-order valence-corrected chi connectivity index (χ4v) is 5.70. The minimum atomic E-state index is -4.33. The van der Waals surface area contributed by atoms with E-state index < -0.39 is 56.0 Å². The zero-order valence-electron chi connectivity index (χ0n) is 20.9. The first-order valence-electron chi connectivity index (χ1n) is 11.6. The number of nitrogens with zero attached hydrogens (tertiary/aromatic N) is 4. The van der Waals surface area contributed by atoms with Crippen LogP contribution in [0.2, 0.25) is 5.15 Å². The molecular weight excluding hydrogens is 581 g/mol. The highest BCUT2D eigenvalue weighted by Crippen LogP contribution is 2.49. The van der Waals surface area contributed by atoms with E-state index in [-0.39, 0.29) is 28.0 Å². The Bertz CT molecular complexity index is 1380. The lowest BCUT2D eigenvalue weighted by Crippen LogP contribution is -2.40. The van der Waals surface area contributed by atoms with Gasteiger partial charge in [-0.15, -0.1) is 0 Å². The van der Waals surface area contributed by atoms with Crippen LogP contribution in [0.15, 0.2) is 36.7 Å². The number of carbonyl (C=O) groups is 1. The van der Waals surface area contributed by atoms with E-state index in [1.54, 1.807) is 32.0 Å². The molecule has 1 fully saturated rings. The average molecular weight is 607 g/mol. The Balaban J connectivity index is 1.55. The van der Waals surface area contributed by atoms with Gasteiger partial charge in [-0.1, -0.05) is 41.4 Å². The molecule has 0 radical (unpaired) electrons. The van der Waals surface area contributed by atoms with Crippen LogP contribution in [0.3, 0.4) is 0 Å². The van der Waals surface area contributed by atoms with Gasteiger partial charge in [-0.05, 0) is 32.9 Å². The molecule has 1 aromatic carbocycles. The topological polar surface area (TPSA) is 173 Å². The number of ether oxygens (including phenoxy) is 2. The summed E-state index contributed by atoms with van der Waals surface area (Å²) in [4.78, 5) is 24.1. The third-order valence-electron chi connectivity index (χ3n) is 5.46. The summed E-state index contributed by atoms with van der Waals surface area (Å²) in [6.07, 6.45) is -4.36. The van der Waals surface area contributed by atoms with E-state index in [1.165, 1.54) is 19.1 Å². The summed E-state index contributed by atoms with van der Waals surface area (Å²) in [6, 6.07) is 6.88. The number of nitrogens with two attached hydrogens (primary N) is 1. The summed E-state index contributed by atoms with van der Waals surface area (Å²) in [5.74, 6) is -0.764. The van der Waals surface area contributed by atoms with Crippen LogP contribution < -0.4 is 15.3 Å². The normalized spacial score (nSPS) is 25.5. The lowest BCUT2D eigenvalue weighted by atomic mass is 10.1. The highest BCUT2D eigenvalue weighted by molar-refractivity contribution is 7.52. The van der Waals surface area contributed by atoms with Gasteiger partial charge in [-0.2, -0.15) is 15.1 Å². The molecule has 6 atom stereocenters. The first-order chi connectivity index (χ1) is 18.3. The van der Waals surface area contributed by atoms with E-state index in [9.17, 15) is 14.5 Å². The van der Waals surface area contributed by atoms with E-state index >= 15 is 4.39 Å². The molecule has 39 heavy (non-hydrogen) atoms. The molecule has 0 spiro atoms. The van der Waals surface area contributed by atoms with Crippen molar-refractivity contribution >= 4 is 54.0 Å². The van der Waals surface area contributed by atoms with E-state index in [1.807, 2.05) is 0 Å². The van der Waals surface area contributed by atoms with Gasteiger partial charge in [-0.25, -0.2) is 13.9 Å². The number of nitrogens with one attached hydrogen (secondary N) is 1. The molecule has 1 saturated heterocycles. The smallest absolute Gasteiger partial charge is 0.459 e. The van der Waals surface area contributed by atoms with Crippen molar-refractivity contribution in [3.05, 3.63) is 41.8 Å². The number of fused-ring (bicyclic) bond motifs is 1. The Kier molecular flexibility index (Phi) is 8.67. The van der Waals surface area contributed by atoms with Gasteiger partial charge >= 0.3 is 13.7 Å². The number of hydrogen-bond acceptors (Lipinski definition) is 11. The predicted molar refractivity (Wildman–Crippen MR) is 139 cm³/mol. The number of halogens is 3. The SMILES string of the molecule is CC(C)OC(=O)[C@H](C)NP(=O)(OC[C@H]1O[C@@H](n2cnc3c(Cl)nc(N)nc32)[C@@](F)(Cl)[C@@H]1O)Oc1ccccc1. The minimum Gasteiger partial charge on any atom is -0.462 e. The Hall–Kier alpha value is -2.58. The number of aliphatic hydroxyl groups excluding tert-OH is 1. The van der Waals surface area contributed by atoms with Crippen molar-refractivity contribution in [2.45, 2.75) is 56.5 Å². The molecule has 0 saturated carbocycles. The standard InChI is InChI=1S/C22H26Cl2FN6O7P/c1-11(2)36-19(33)12(3)30-39(34,38-13-7-5-4-6-8-13)35-9-14-16(32)22(24,25)20(37-14)31-10-27-15-17(23)28-21(26)29-18(15)31/h4-8,10-12,14,16,20,32H,9H2,1-3H3,(H,30,34)(H2,26,28,29)/t12-,14+,16+,20+,22+,39?/m0/s1. The lowest BCUT2D eigenvalue weighted by molar-refractivity contribution is -0.149. The van der Waals surface area contributed by atoms with Crippen LogP contribution in [0.25, 0.3) is 11.2 Å². The summed E-state index contributed by atoms with van der Waals surface area (Å²) in [5.41, 5.74) is 5.76. The maximum atomic E-state index is 15.6. The molecule has 1 aliphatic rings. The number of nitrogen functional groups attached to an aromatic ring is 1. The number of imidazole rings is 1. The molecule has 13 nitrogen and oxygen atoms in total. The van der Waals surface area contributed by atoms with Crippen LogP contribution in [0, 0.1) is 0 Å². The van der Waals surface area contributed by atoms with Gasteiger partial charge in [0.15, 0.2) is 17.0 Å². The number of carbonyl (C=O) groups excluding carboxylic acids is 1. The monoisotopic (exact) mass is 606 g/mol. The Morgan fingerprint density at radius 1 is 1.33 bits per heavy atom. The minimum absolute atomic E-state index is 0.00572. The highest BCUT2D eigenvalue weighted by Gasteiger charge is 2.58. The lowest BCUT2D eigenvalue weighted by Gasteiger charge is -2.25. The zero-order chi connectivity index (χ0) is 28.5. The Labute approximate surface area is 232 Å².